The van der Waals surface area contributed by atoms with Crippen LogP contribution in [0.2, 0.25) is 0 Å². The minimum Gasteiger partial charge on any atom is -0.508 e. The number of hydrogen-bond acceptors (Lipinski definition) is 4. The zero-order chi connectivity index (χ0) is 14.1. The van der Waals surface area contributed by atoms with Crippen LogP contribution in [-0.4, -0.2) is 19.9 Å². The number of hydrogen-bond donors (Lipinski definition) is 2. The second-order valence-electron chi connectivity index (χ2n) is 5.15. The number of aromatic nitrogens is 3. The van der Waals surface area contributed by atoms with Gasteiger partial charge >= 0.3 is 0 Å². The molecule has 1 aromatic carbocycles. The molecule has 0 amide bonds. The van der Waals surface area contributed by atoms with Crippen molar-refractivity contribution in [1.29, 1.82) is 0 Å². The number of benzene rings is 1. The van der Waals surface area contributed by atoms with Crippen LogP contribution in [0.3, 0.4) is 0 Å². The van der Waals surface area contributed by atoms with Crippen LogP contribution < -0.4 is 5.32 Å². The van der Waals surface area contributed by atoms with E-state index in [0.717, 1.165) is 37.1 Å². The fraction of sp³-hybridized carbons (Fsp3) is 0.429. The summed E-state index contributed by atoms with van der Waals surface area (Å²) in [6, 6.07) is 4.09. The molecule has 0 fully saturated rings. The highest BCUT2D eigenvalue weighted by molar-refractivity contribution is 5.28. The van der Waals surface area contributed by atoms with Crippen molar-refractivity contribution in [2.75, 3.05) is 0 Å². The zero-order valence-corrected chi connectivity index (χ0v) is 11.3. The molecule has 0 radical (unpaired) electrons. The molecule has 1 unspecified atom stereocenters. The number of aryl methyl sites for hydroxylation is 1. The lowest BCUT2D eigenvalue weighted by molar-refractivity contribution is 0.465. The van der Waals surface area contributed by atoms with Gasteiger partial charge in [0.1, 0.15) is 23.2 Å². The first-order valence-corrected chi connectivity index (χ1v) is 6.77. The van der Waals surface area contributed by atoms with Gasteiger partial charge in [0.2, 0.25) is 0 Å². The van der Waals surface area contributed by atoms with E-state index in [-0.39, 0.29) is 11.8 Å². The maximum atomic E-state index is 13.2. The zero-order valence-electron chi connectivity index (χ0n) is 11.3. The smallest absolute Gasteiger partial charge is 0.149 e. The third-order valence-corrected chi connectivity index (χ3v) is 3.58. The molecule has 1 aliphatic heterocycles. The fourth-order valence-electron chi connectivity index (χ4n) is 2.59. The molecule has 1 aromatic heterocycles. The number of fused-ring (bicyclic) bond motifs is 1. The first-order valence-electron chi connectivity index (χ1n) is 6.77. The number of nitrogens with one attached hydrogen (secondary N) is 1. The van der Waals surface area contributed by atoms with Gasteiger partial charge in [0.25, 0.3) is 0 Å². The van der Waals surface area contributed by atoms with Crippen LogP contribution in [0.25, 0.3) is 0 Å². The minimum absolute atomic E-state index is 0.0276. The van der Waals surface area contributed by atoms with E-state index in [0.29, 0.717) is 12.1 Å². The topological polar surface area (TPSA) is 63.0 Å². The van der Waals surface area contributed by atoms with Gasteiger partial charge in [0, 0.05) is 25.6 Å². The van der Waals surface area contributed by atoms with Gasteiger partial charge in [-0.25, -0.2) is 4.39 Å². The molecule has 2 N–H and O–H groups in total. The van der Waals surface area contributed by atoms with Gasteiger partial charge in [0.15, 0.2) is 0 Å². The Kier molecular flexibility index (Phi) is 3.40. The van der Waals surface area contributed by atoms with Gasteiger partial charge in [-0.05, 0) is 31.0 Å². The molecular weight excluding hydrogens is 259 g/mol. The summed E-state index contributed by atoms with van der Waals surface area (Å²) in [6.07, 6.45) is 2.10. The molecule has 1 aliphatic rings. The van der Waals surface area contributed by atoms with Gasteiger partial charge in [0.05, 0.1) is 6.04 Å². The van der Waals surface area contributed by atoms with Gasteiger partial charge in [-0.3, -0.25) is 0 Å². The van der Waals surface area contributed by atoms with Gasteiger partial charge in [-0.2, -0.15) is 0 Å². The molecule has 2 heterocycles. The van der Waals surface area contributed by atoms with Crippen molar-refractivity contribution in [3.05, 3.63) is 41.2 Å². The molecule has 0 bridgehead atoms. The Bertz CT molecular complexity index is 605. The lowest BCUT2D eigenvalue weighted by atomic mass is 10.2. The number of phenols is 1. The lowest BCUT2D eigenvalue weighted by Gasteiger charge is -2.14. The van der Waals surface area contributed by atoms with Gasteiger partial charge in [-0.15, -0.1) is 10.2 Å². The fourth-order valence-corrected chi connectivity index (χ4v) is 2.59. The van der Waals surface area contributed by atoms with E-state index in [1.54, 1.807) is 6.07 Å². The number of phenolic OH excluding ortho intramolecular Hbond substituents is 1. The number of aromatic hydroxyl groups is 1. The van der Waals surface area contributed by atoms with Crippen molar-refractivity contribution in [1.82, 2.24) is 20.1 Å². The van der Waals surface area contributed by atoms with E-state index < -0.39 is 5.82 Å². The monoisotopic (exact) mass is 276 g/mol. The molecule has 2 aromatic rings. The van der Waals surface area contributed by atoms with Crippen LogP contribution in [0.4, 0.5) is 4.39 Å². The molecule has 20 heavy (non-hydrogen) atoms. The first-order chi connectivity index (χ1) is 9.63. The summed E-state index contributed by atoms with van der Waals surface area (Å²) in [7, 11) is 0. The largest absolute Gasteiger partial charge is 0.508 e. The summed E-state index contributed by atoms with van der Waals surface area (Å²) in [5, 5.41) is 21.0. The van der Waals surface area contributed by atoms with Crippen LogP contribution in [0, 0.1) is 5.82 Å². The van der Waals surface area contributed by atoms with E-state index in [4.69, 9.17) is 0 Å². The molecule has 0 aliphatic carbocycles. The maximum absolute atomic E-state index is 13.2. The molecule has 1 atom stereocenters. The minimum atomic E-state index is -0.433. The number of halogens is 1. The van der Waals surface area contributed by atoms with Gasteiger partial charge in [-0.1, -0.05) is 0 Å². The lowest BCUT2D eigenvalue weighted by Crippen LogP contribution is -2.21. The van der Waals surface area contributed by atoms with E-state index in [1.165, 1.54) is 6.07 Å². The Hall–Kier alpha value is -1.95. The molecule has 3 rings (SSSR count). The van der Waals surface area contributed by atoms with E-state index >= 15 is 0 Å². The number of nitrogens with zero attached hydrogens (tertiary/aromatic N) is 3. The summed E-state index contributed by atoms with van der Waals surface area (Å²) in [6.45, 7) is 3.44. The third kappa shape index (κ3) is 2.51. The van der Waals surface area contributed by atoms with E-state index in [1.807, 2.05) is 6.92 Å². The molecule has 106 valence electrons. The average molecular weight is 276 g/mol. The van der Waals surface area contributed by atoms with Crippen molar-refractivity contribution in [2.24, 2.45) is 0 Å². The summed E-state index contributed by atoms with van der Waals surface area (Å²) >= 11 is 0. The second kappa shape index (κ2) is 5.20. The normalized spacial score (nSPS) is 15.3. The molecule has 0 saturated heterocycles. The molecule has 0 spiro atoms. The Morgan fingerprint density at radius 3 is 3.05 bits per heavy atom. The highest BCUT2D eigenvalue weighted by atomic mass is 19.1. The maximum Gasteiger partial charge on any atom is 0.149 e. The van der Waals surface area contributed by atoms with E-state index in [9.17, 15) is 9.50 Å². The quantitative estimate of drug-likeness (QED) is 0.895. The standard InChI is InChI=1S/C14H17FN4O/c1-9(14-18-17-13-3-2-4-19(13)14)16-8-10-5-11(15)7-12(20)6-10/h5-7,9,16,20H,2-4,8H2,1H3. The molecule has 0 saturated carbocycles. The Balaban J connectivity index is 1.68. The predicted octanol–water partition coefficient (Wildman–Crippen LogP) is 1.92. The third-order valence-electron chi connectivity index (χ3n) is 3.58. The highest BCUT2D eigenvalue weighted by Crippen LogP contribution is 2.20. The summed E-state index contributed by atoms with van der Waals surface area (Å²) in [4.78, 5) is 0. The van der Waals surface area contributed by atoms with Crippen molar-refractivity contribution >= 4 is 0 Å². The average Bonchev–Trinajstić information content (AvgIpc) is 2.96. The van der Waals surface area contributed by atoms with Crippen molar-refractivity contribution < 1.29 is 9.50 Å². The second-order valence-corrected chi connectivity index (χ2v) is 5.15. The van der Waals surface area contributed by atoms with E-state index in [2.05, 4.69) is 20.1 Å². The van der Waals surface area contributed by atoms with Gasteiger partial charge < -0.3 is 15.0 Å². The summed E-state index contributed by atoms with van der Waals surface area (Å²) in [5.74, 6) is 1.46. The SMILES string of the molecule is CC(NCc1cc(O)cc(F)c1)c1nnc2n1CCC2. The van der Waals surface area contributed by atoms with Crippen molar-refractivity contribution in [3.63, 3.8) is 0 Å². The van der Waals surface area contributed by atoms with Crippen LogP contribution in [0.5, 0.6) is 5.75 Å². The highest BCUT2D eigenvalue weighted by Gasteiger charge is 2.20. The molecule has 6 heteroatoms. The van der Waals surface area contributed by atoms with Crippen molar-refractivity contribution in [3.8, 4) is 5.75 Å². The summed E-state index contributed by atoms with van der Waals surface area (Å²) < 4.78 is 15.3. The van der Waals surface area contributed by atoms with Crippen LogP contribution in [0.15, 0.2) is 18.2 Å². The first kappa shape index (κ1) is 13.1. The Labute approximate surface area is 116 Å². The van der Waals surface area contributed by atoms with Crippen LogP contribution >= 0.6 is 0 Å². The summed E-state index contributed by atoms with van der Waals surface area (Å²) in [5.41, 5.74) is 0.704. The molecular formula is C14H17FN4O. The van der Waals surface area contributed by atoms with Crippen molar-refractivity contribution in [2.45, 2.75) is 38.9 Å². The van der Waals surface area contributed by atoms with Crippen LogP contribution in [-0.2, 0) is 19.5 Å². The molecule has 5 nitrogen and oxygen atoms in total. The Morgan fingerprint density at radius 2 is 2.25 bits per heavy atom. The van der Waals surface area contributed by atoms with Crippen LogP contribution in [0.1, 0.15) is 36.6 Å². The number of rotatable bonds is 4. The Morgan fingerprint density at radius 1 is 1.40 bits per heavy atom. The predicted molar refractivity (Wildman–Crippen MR) is 71.7 cm³/mol.